The molecule has 0 spiro atoms. The third-order valence-electron chi connectivity index (χ3n) is 6.30. The van der Waals surface area contributed by atoms with Crippen molar-refractivity contribution in [3.05, 3.63) is 37.7 Å². The molecule has 0 saturated carbocycles. The number of aromatic nitrogens is 2. The second-order valence-electron chi connectivity index (χ2n) is 9.15. The Balaban J connectivity index is 1.80. The largest absolute Gasteiger partial charge is 0.405 e. The first-order chi connectivity index (χ1) is 18.4. The molecule has 1 saturated heterocycles. The average Bonchev–Trinajstić information content (AvgIpc) is 3.18. The highest BCUT2D eigenvalue weighted by molar-refractivity contribution is 7.07. The van der Waals surface area contributed by atoms with Crippen molar-refractivity contribution in [3.8, 4) is 6.07 Å². The molecular formula is C25H30F3N7O3S. The summed E-state index contributed by atoms with van der Waals surface area (Å²) in [5, 5.41) is 16.7. The zero-order chi connectivity index (χ0) is 28.7. The van der Waals surface area contributed by atoms with Gasteiger partial charge in [-0.3, -0.25) is 23.9 Å². The number of piperidine rings is 1. The summed E-state index contributed by atoms with van der Waals surface area (Å²) in [7, 11) is 0. The molecule has 0 aromatic carbocycles. The molecule has 3 rings (SSSR count). The Morgan fingerprint density at radius 3 is 2.51 bits per heavy atom. The van der Waals surface area contributed by atoms with E-state index in [0.717, 1.165) is 35.2 Å². The number of likely N-dealkylation sites (tertiary alicyclic amines) is 1. The van der Waals surface area contributed by atoms with Gasteiger partial charge in [-0.25, -0.2) is 4.98 Å². The van der Waals surface area contributed by atoms with Crippen LogP contribution in [0.4, 0.5) is 24.8 Å². The van der Waals surface area contributed by atoms with Gasteiger partial charge in [0.2, 0.25) is 5.91 Å². The normalized spacial score (nSPS) is 19.3. The number of carbonyl (C=O) groups excluding carboxylic acids is 2. The van der Waals surface area contributed by atoms with Crippen molar-refractivity contribution in [2.75, 3.05) is 23.7 Å². The van der Waals surface area contributed by atoms with E-state index in [-0.39, 0.29) is 28.2 Å². The molecule has 2 atom stereocenters. The Morgan fingerprint density at radius 2 is 1.90 bits per heavy atom. The standard InChI is InChI=1S/C25H30F3N7O3S/c1-4-34-23(38)18(39-24(34)17(11-29)22(37)31-14-25(26,27)28)12-30-19-9-6-10-20(32-19)33-21(36)13-35-15(2)7-5-8-16(35)3/h6,9-10,12,15-16H,4-5,7-8,13-14H2,1-3H3,(H,31,37)(H2,30,32,33,36). The number of nitrogens with one attached hydrogen (secondary N) is 3. The summed E-state index contributed by atoms with van der Waals surface area (Å²) in [6.45, 7) is 4.55. The summed E-state index contributed by atoms with van der Waals surface area (Å²) in [5.41, 5.74) is -1.13. The van der Waals surface area contributed by atoms with E-state index in [1.807, 2.05) is 0 Å². The first-order valence-electron chi connectivity index (χ1n) is 12.4. The van der Waals surface area contributed by atoms with Crippen molar-refractivity contribution >= 4 is 46.6 Å². The van der Waals surface area contributed by atoms with E-state index in [2.05, 4.69) is 34.4 Å². The minimum Gasteiger partial charge on any atom is -0.345 e. The molecule has 10 nitrogen and oxygen atoms in total. The molecule has 0 bridgehead atoms. The van der Waals surface area contributed by atoms with Crippen LogP contribution in [0.3, 0.4) is 0 Å². The van der Waals surface area contributed by atoms with Gasteiger partial charge >= 0.3 is 6.18 Å². The number of nitrogens with zero attached hydrogens (tertiary/aromatic N) is 4. The van der Waals surface area contributed by atoms with Crippen LogP contribution >= 0.6 is 11.3 Å². The van der Waals surface area contributed by atoms with E-state index in [0.29, 0.717) is 23.7 Å². The quantitative estimate of drug-likeness (QED) is 0.444. The molecule has 14 heteroatoms. The van der Waals surface area contributed by atoms with Crippen LogP contribution < -0.4 is 30.7 Å². The SMILES string of the molecule is CCn1c(=C(C#N)C(=O)NCC(F)(F)F)sc(=CNc2cccc(NC(=O)CN3C(C)CCCC3C)n2)c1=O. The van der Waals surface area contributed by atoms with Gasteiger partial charge in [0.1, 0.15) is 33.4 Å². The van der Waals surface area contributed by atoms with Gasteiger partial charge in [0.25, 0.3) is 11.5 Å². The van der Waals surface area contributed by atoms with Crippen LogP contribution in [0.2, 0.25) is 0 Å². The molecule has 0 radical (unpaired) electrons. The van der Waals surface area contributed by atoms with E-state index < -0.39 is 29.8 Å². The highest BCUT2D eigenvalue weighted by Crippen LogP contribution is 2.22. The summed E-state index contributed by atoms with van der Waals surface area (Å²) in [6, 6.07) is 7.14. The third kappa shape index (κ3) is 7.90. The number of anilines is 2. The number of hydrogen-bond donors (Lipinski definition) is 3. The van der Waals surface area contributed by atoms with Gasteiger partial charge in [-0.15, -0.1) is 11.3 Å². The first-order valence-corrected chi connectivity index (χ1v) is 13.2. The number of halogens is 3. The molecule has 1 fully saturated rings. The number of nitriles is 1. The van der Waals surface area contributed by atoms with Gasteiger partial charge in [-0.1, -0.05) is 12.5 Å². The van der Waals surface area contributed by atoms with Gasteiger partial charge in [-0.2, -0.15) is 18.4 Å². The fraction of sp³-hybridized carbons (Fsp3) is 0.480. The van der Waals surface area contributed by atoms with Crippen molar-refractivity contribution in [2.24, 2.45) is 0 Å². The lowest BCUT2D eigenvalue weighted by atomic mass is 9.97. The molecule has 39 heavy (non-hydrogen) atoms. The van der Waals surface area contributed by atoms with Crippen LogP contribution in [0, 0.1) is 11.3 Å². The molecule has 1 aliphatic rings. The van der Waals surface area contributed by atoms with E-state index in [9.17, 15) is 32.8 Å². The molecule has 2 unspecified atom stereocenters. The third-order valence-corrected chi connectivity index (χ3v) is 7.43. The lowest BCUT2D eigenvalue weighted by molar-refractivity contribution is -0.135. The predicted octanol–water partition coefficient (Wildman–Crippen LogP) is 1.73. The van der Waals surface area contributed by atoms with E-state index in [1.165, 1.54) is 6.20 Å². The maximum Gasteiger partial charge on any atom is 0.405 e. The molecule has 0 aliphatic carbocycles. The summed E-state index contributed by atoms with van der Waals surface area (Å²) in [6.07, 6.45) is -0.0920. The highest BCUT2D eigenvalue weighted by atomic mass is 32.1. The van der Waals surface area contributed by atoms with Crippen LogP contribution in [-0.2, 0) is 16.1 Å². The molecule has 1 aliphatic heterocycles. The maximum atomic E-state index is 12.8. The fourth-order valence-corrected chi connectivity index (χ4v) is 5.40. The molecule has 3 N–H and O–H groups in total. The number of alkyl halides is 3. The Kier molecular flexibility index (Phi) is 9.87. The number of carbonyl (C=O) groups is 2. The van der Waals surface area contributed by atoms with Gasteiger partial charge in [0, 0.05) is 24.8 Å². The highest BCUT2D eigenvalue weighted by Gasteiger charge is 2.29. The number of rotatable bonds is 8. The fourth-order valence-electron chi connectivity index (χ4n) is 4.32. The number of amides is 2. The summed E-state index contributed by atoms with van der Waals surface area (Å²) in [4.78, 5) is 44.2. The summed E-state index contributed by atoms with van der Waals surface area (Å²) in [5.74, 6) is -0.787. The van der Waals surface area contributed by atoms with Crippen molar-refractivity contribution < 1.29 is 22.8 Å². The molecule has 3 heterocycles. The van der Waals surface area contributed by atoms with Crippen LogP contribution in [0.25, 0.3) is 11.8 Å². The number of hydrogen-bond acceptors (Lipinski definition) is 8. The maximum absolute atomic E-state index is 12.8. The minimum atomic E-state index is -4.65. The van der Waals surface area contributed by atoms with E-state index in [1.54, 1.807) is 36.5 Å². The smallest absolute Gasteiger partial charge is 0.345 e. The summed E-state index contributed by atoms with van der Waals surface area (Å²) >= 11 is 0.787. The lowest BCUT2D eigenvalue weighted by Crippen LogP contribution is -2.47. The zero-order valence-electron chi connectivity index (χ0n) is 21.8. The molecular weight excluding hydrogens is 535 g/mol. The molecule has 2 aromatic heterocycles. The van der Waals surface area contributed by atoms with Gasteiger partial charge in [0.15, 0.2) is 5.57 Å². The van der Waals surface area contributed by atoms with Crippen molar-refractivity contribution in [3.63, 3.8) is 0 Å². The topological polar surface area (TPSA) is 132 Å². The zero-order valence-corrected chi connectivity index (χ0v) is 22.6. The summed E-state index contributed by atoms with van der Waals surface area (Å²) < 4.78 is 38.7. The first kappa shape index (κ1) is 29.9. The second-order valence-corrected chi connectivity index (χ2v) is 10.2. The van der Waals surface area contributed by atoms with Gasteiger partial charge < -0.3 is 16.0 Å². The molecule has 2 aromatic rings. The van der Waals surface area contributed by atoms with E-state index >= 15 is 0 Å². The lowest BCUT2D eigenvalue weighted by Gasteiger charge is -2.38. The molecule has 210 valence electrons. The minimum absolute atomic E-state index is 0.0622. The van der Waals surface area contributed by atoms with Crippen molar-refractivity contribution in [1.82, 2.24) is 19.8 Å². The Morgan fingerprint density at radius 1 is 1.23 bits per heavy atom. The van der Waals surface area contributed by atoms with Crippen molar-refractivity contribution in [2.45, 2.75) is 64.8 Å². The van der Waals surface area contributed by atoms with Crippen LogP contribution in [0.15, 0.2) is 23.0 Å². The average molecular weight is 566 g/mol. The number of pyridine rings is 1. The molecule has 2 amide bonds. The Hall–Kier alpha value is -3.70. The second kappa shape index (κ2) is 12.9. The van der Waals surface area contributed by atoms with E-state index in [4.69, 9.17) is 0 Å². The van der Waals surface area contributed by atoms with Crippen LogP contribution in [0.5, 0.6) is 0 Å². The van der Waals surface area contributed by atoms with Crippen molar-refractivity contribution in [1.29, 1.82) is 5.26 Å². The monoisotopic (exact) mass is 565 g/mol. The predicted molar refractivity (Wildman–Crippen MR) is 142 cm³/mol. The van der Waals surface area contributed by atoms with Crippen LogP contribution in [-0.4, -0.2) is 57.6 Å². The van der Waals surface area contributed by atoms with Gasteiger partial charge in [0.05, 0.1) is 6.54 Å². The number of thiazole rings is 1. The Labute approximate surface area is 226 Å². The Bertz CT molecular complexity index is 1420. The van der Waals surface area contributed by atoms with Crippen LogP contribution in [0.1, 0.15) is 40.0 Å². The van der Waals surface area contributed by atoms with Gasteiger partial charge in [-0.05, 0) is 45.7 Å².